The van der Waals surface area contributed by atoms with Crippen molar-refractivity contribution in [3.63, 3.8) is 0 Å². The zero-order chi connectivity index (χ0) is 15.5. The number of likely N-dealkylation sites (tertiary alicyclic amines) is 1. The minimum absolute atomic E-state index is 0.232. The topological polar surface area (TPSA) is 73.9 Å². The molecule has 0 spiro atoms. The SMILES string of the molecule is CNC(=O)c1nc(-c2cccc([C@H](C)N3CCCC3)c2)n[nH]1. The number of carbonyl (C=O) groups excluding carboxylic acids is 1. The van der Waals surface area contributed by atoms with Crippen molar-refractivity contribution in [1.82, 2.24) is 25.4 Å². The van der Waals surface area contributed by atoms with E-state index < -0.39 is 0 Å². The van der Waals surface area contributed by atoms with Gasteiger partial charge in [0.2, 0.25) is 5.82 Å². The van der Waals surface area contributed by atoms with Crippen LogP contribution >= 0.6 is 0 Å². The molecule has 6 nitrogen and oxygen atoms in total. The molecule has 2 N–H and O–H groups in total. The van der Waals surface area contributed by atoms with Gasteiger partial charge in [-0.1, -0.05) is 18.2 Å². The van der Waals surface area contributed by atoms with Crippen LogP contribution in [0.25, 0.3) is 11.4 Å². The lowest BCUT2D eigenvalue weighted by atomic mass is 10.0. The second-order valence-electron chi connectivity index (χ2n) is 5.63. The van der Waals surface area contributed by atoms with Crippen LogP contribution in [0.2, 0.25) is 0 Å². The van der Waals surface area contributed by atoms with E-state index in [9.17, 15) is 4.79 Å². The molecule has 22 heavy (non-hydrogen) atoms. The fourth-order valence-electron chi connectivity index (χ4n) is 2.89. The van der Waals surface area contributed by atoms with Crippen LogP contribution in [-0.2, 0) is 0 Å². The fraction of sp³-hybridized carbons (Fsp3) is 0.438. The normalized spacial score (nSPS) is 16.6. The highest BCUT2D eigenvalue weighted by Gasteiger charge is 2.20. The van der Waals surface area contributed by atoms with Gasteiger partial charge in [0.15, 0.2) is 5.82 Å². The van der Waals surface area contributed by atoms with Crippen molar-refractivity contribution in [3.05, 3.63) is 35.7 Å². The van der Waals surface area contributed by atoms with E-state index in [0.717, 1.165) is 18.7 Å². The molecule has 0 saturated carbocycles. The number of aromatic amines is 1. The Morgan fingerprint density at radius 1 is 1.36 bits per heavy atom. The summed E-state index contributed by atoms with van der Waals surface area (Å²) in [6.07, 6.45) is 2.56. The Hall–Kier alpha value is -2.21. The highest BCUT2D eigenvalue weighted by atomic mass is 16.2. The largest absolute Gasteiger partial charge is 0.352 e. The average Bonchev–Trinajstić information content (AvgIpc) is 3.25. The highest BCUT2D eigenvalue weighted by Crippen LogP contribution is 2.27. The third kappa shape index (κ3) is 2.87. The van der Waals surface area contributed by atoms with Gasteiger partial charge in [-0.2, -0.15) is 5.10 Å². The molecule has 2 aromatic rings. The van der Waals surface area contributed by atoms with E-state index in [0.29, 0.717) is 11.9 Å². The van der Waals surface area contributed by atoms with Crippen LogP contribution in [0, 0.1) is 0 Å². The fourth-order valence-corrected chi connectivity index (χ4v) is 2.89. The van der Waals surface area contributed by atoms with Crippen LogP contribution in [-0.4, -0.2) is 46.1 Å². The molecule has 6 heteroatoms. The summed E-state index contributed by atoms with van der Waals surface area (Å²) >= 11 is 0. The minimum atomic E-state index is -0.264. The molecule has 1 amide bonds. The van der Waals surface area contributed by atoms with Gasteiger partial charge < -0.3 is 5.32 Å². The van der Waals surface area contributed by atoms with Gasteiger partial charge in [0.05, 0.1) is 0 Å². The lowest BCUT2D eigenvalue weighted by Crippen LogP contribution is -2.23. The van der Waals surface area contributed by atoms with Gasteiger partial charge in [-0.25, -0.2) is 4.98 Å². The first-order valence-corrected chi connectivity index (χ1v) is 7.68. The van der Waals surface area contributed by atoms with Crippen LogP contribution in [0.15, 0.2) is 24.3 Å². The number of amides is 1. The van der Waals surface area contributed by atoms with Crippen molar-refractivity contribution >= 4 is 5.91 Å². The predicted molar refractivity (Wildman–Crippen MR) is 84.4 cm³/mol. The summed E-state index contributed by atoms with van der Waals surface area (Å²) in [6.45, 7) is 4.55. The molecule has 1 saturated heterocycles. The Morgan fingerprint density at radius 3 is 2.86 bits per heavy atom. The van der Waals surface area contributed by atoms with Crippen LogP contribution in [0.1, 0.15) is 42.0 Å². The molecule has 1 aromatic heterocycles. The van der Waals surface area contributed by atoms with Crippen LogP contribution < -0.4 is 5.32 Å². The van der Waals surface area contributed by atoms with E-state index in [1.807, 2.05) is 12.1 Å². The highest BCUT2D eigenvalue weighted by molar-refractivity contribution is 5.90. The monoisotopic (exact) mass is 299 g/mol. The van der Waals surface area contributed by atoms with E-state index in [4.69, 9.17) is 0 Å². The standard InChI is InChI=1S/C16H21N5O/c1-11(21-8-3-4-9-21)12-6-5-7-13(10-12)14-18-15(20-19-14)16(22)17-2/h5-7,10-11H,3-4,8-9H2,1-2H3,(H,17,22)(H,18,19,20)/t11-/m0/s1. The quantitative estimate of drug-likeness (QED) is 0.905. The summed E-state index contributed by atoms with van der Waals surface area (Å²) in [5, 5.41) is 9.35. The first kappa shape index (κ1) is 14.7. The average molecular weight is 299 g/mol. The molecule has 1 aromatic carbocycles. The number of nitrogens with one attached hydrogen (secondary N) is 2. The molecule has 1 atom stereocenters. The zero-order valence-electron chi connectivity index (χ0n) is 13.0. The number of nitrogens with zero attached hydrogens (tertiary/aromatic N) is 3. The molecule has 2 heterocycles. The number of carbonyl (C=O) groups is 1. The number of H-pyrrole nitrogens is 1. The second-order valence-corrected chi connectivity index (χ2v) is 5.63. The maximum atomic E-state index is 11.6. The van der Waals surface area contributed by atoms with Crippen LogP contribution in [0.3, 0.4) is 0 Å². The molecule has 0 aliphatic carbocycles. The van der Waals surface area contributed by atoms with Gasteiger partial charge in [0.1, 0.15) is 0 Å². The predicted octanol–water partition coefficient (Wildman–Crippen LogP) is 1.99. The Labute approximate surface area is 129 Å². The van der Waals surface area contributed by atoms with Crippen LogP contribution in [0.5, 0.6) is 0 Å². The minimum Gasteiger partial charge on any atom is -0.352 e. The lowest BCUT2D eigenvalue weighted by molar-refractivity contribution is 0.0953. The van der Waals surface area contributed by atoms with E-state index in [-0.39, 0.29) is 11.7 Å². The van der Waals surface area contributed by atoms with Crippen molar-refractivity contribution < 1.29 is 4.79 Å². The zero-order valence-corrected chi connectivity index (χ0v) is 13.0. The van der Waals surface area contributed by atoms with E-state index in [1.165, 1.54) is 18.4 Å². The van der Waals surface area contributed by atoms with E-state index >= 15 is 0 Å². The molecule has 0 unspecified atom stereocenters. The summed E-state index contributed by atoms with van der Waals surface area (Å²) in [5.74, 6) is 0.518. The van der Waals surface area contributed by atoms with Crippen molar-refractivity contribution in [2.24, 2.45) is 0 Å². The molecule has 1 aliphatic heterocycles. The maximum absolute atomic E-state index is 11.6. The number of benzene rings is 1. The Bertz CT molecular complexity index is 660. The van der Waals surface area contributed by atoms with Crippen molar-refractivity contribution in [2.45, 2.75) is 25.8 Å². The number of aromatic nitrogens is 3. The smallest absolute Gasteiger partial charge is 0.288 e. The number of hydrogen-bond donors (Lipinski definition) is 2. The number of hydrogen-bond acceptors (Lipinski definition) is 4. The molecule has 1 fully saturated rings. The summed E-state index contributed by atoms with van der Waals surface area (Å²) in [7, 11) is 1.57. The molecular formula is C16H21N5O. The van der Waals surface area contributed by atoms with Gasteiger partial charge in [-0.05, 0) is 44.5 Å². The van der Waals surface area contributed by atoms with E-state index in [1.54, 1.807) is 7.05 Å². The Morgan fingerprint density at radius 2 is 2.14 bits per heavy atom. The third-order valence-electron chi connectivity index (χ3n) is 4.24. The van der Waals surface area contributed by atoms with Crippen molar-refractivity contribution in [2.75, 3.05) is 20.1 Å². The van der Waals surface area contributed by atoms with Gasteiger partial charge in [-0.3, -0.25) is 14.8 Å². The Balaban J connectivity index is 1.84. The van der Waals surface area contributed by atoms with Crippen molar-refractivity contribution in [1.29, 1.82) is 0 Å². The summed E-state index contributed by atoms with van der Waals surface area (Å²) in [5.41, 5.74) is 2.18. The molecule has 0 radical (unpaired) electrons. The first-order chi connectivity index (χ1) is 10.7. The number of rotatable bonds is 4. The van der Waals surface area contributed by atoms with Gasteiger partial charge in [0, 0.05) is 18.7 Å². The summed E-state index contributed by atoms with van der Waals surface area (Å²) in [6, 6.07) is 8.63. The molecular weight excluding hydrogens is 278 g/mol. The van der Waals surface area contributed by atoms with Crippen molar-refractivity contribution in [3.8, 4) is 11.4 Å². The van der Waals surface area contributed by atoms with Gasteiger partial charge >= 0.3 is 0 Å². The molecule has 3 rings (SSSR count). The third-order valence-corrected chi connectivity index (χ3v) is 4.24. The summed E-state index contributed by atoms with van der Waals surface area (Å²) in [4.78, 5) is 18.3. The maximum Gasteiger partial charge on any atom is 0.288 e. The van der Waals surface area contributed by atoms with Gasteiger partial charge in [-0.15, -0.1) is 0 Å². The Kier molecular flexibility index (Phi) is 4.20. The summed E-state index contributed by atoms with van der Waals surface area (Å²) < 4.78 is 0. The molecule has 116 valence electrons. The molecule has 0 bridgehead atoms. The van der Waals surface area contributed by atoms with E-state index in [2.05, 4.69) is 44.5 Å². The second kappa shape index (κ2) is 6.27. The first-order valence-electron chi connectivity index (χ1n) is 7.68. The van der Waals surface area contributed by atoms with Gasteiger partial charge in [0.25, 0.3) is 5.91 Å². The molecule has 1 aliphatic rings. The van der Waals surface area contributed by atoms with Crippen LogP contribution in [0.4, 0.5) is 0 Å². The lowest BCUT2D eigenvalue weighted by Gasteiger charge is -2.24.